The number of hydrogen-bond acceptors (Lipinski definition) is 5. The molecule has 0 saturated heterocycles. The molecule has 0 amide bonds. The van der Waals surface area contributed by atoms with Gasteiger partial charge in [-0.05, 0) is 89.9 Å². The second-order valence-electron chi connectivity index (χ2n) is 14.4. The molecule has 0 aliphatic carbocycles. The molecule has 1 unspecified atom stereocenters. The van der Waals surface area contributed by atoms with Crippen LogP contribution in [0.5, 0.6) is 0 Å². The Morgan fingerprint density at radius 2 is 0.796 bits per heavy atom. The number of carbonyl (C=O) groups excluding carboxylic acids is 2. The van der Waals surface area contributed by atoms with Crippen LogP contribution < -0.4 is 0 Å². The van der Waals surface area contributed by atoms with E-state index in [1.807, 2.05) is 0 Å². The van der Waals surface area contributed by atoms with Gasteiger partial charge in [-0.3, -0.25) is 9.59 Å². The van der Waals surface area contributed by atoms with E-state index in [0.29, 0.717) is 12.8 Å². The lowest BCUT2D eigenvalue weighted by Gasteiger charge is -2.15. The first-order chi connectivity index (χ1) is 26.6. The summed E-state index contributed by atoms with van der Waals surface area (Å²) in [6.07, 6.45) is 60.9. The molecule has 0 aliphatic heterocycles. The topological polar surface area (TPSA) is 72.8 Å². The molecule has 1 atom stereocenters. The average molecular weight is 751 g/mol. The summed E-state index contributed by atoms with van der Waals surface area (Å²) in [4.78, 5) is 24.3. The second-order valence-corrected chi connectivity index (χ2v) is 14.4. The number of aliphatic hydroxyl groups excluding tert-OH is 1. The quantitative estimate of drug-likeness (QED) is 0.0385. The zero-order chi connectivity index (χ0) is 39.3. The van der Waals surface area contributed by atoms with Crippen LogP contribution in [-0.4, -0.2) is 36.4 Å². The lowest BCUT2D eigenvalue weighted by molar-refractivity contribution is -0.161. The molecule has 0 fully saturated rings. The van der Waals surface area contributed by atoms with Crippen molar-refractivity contribution in [3.05, 3.63) is 85.1 Å². The summed E-state index contributed by atoms with van der Waals surface area (Å²) in [5.41, 5.74) is 0. The zero-order valence-electron chi connectivity index (χ0n) is 35.0. The molecule has 5 heteroatoms. The van der Waals surface area contributed by atoms with Crippen LogP contribution in [0.3, 0.4) is 0 Å². The molecule has 1 N–H and O–H groups in total. The number of carbonyl (C=O) groups is 2. The number of esters is 2. The maximum absolute atomic E-state index is 12.2. The Morgan fingerprint density at radius 1 is 0.444 bits per heavy atom. The predicted molar refractivity (Wildman–Crippen MR) is 233 cm³/mol. The van der Waals surface area contributed by atoms with Gasteiger partial charge in [-0.25, -0.2) is 0 Å². The molecule has 54 heavy (non-hydrogen) atoms. The van der Waals surface area contributed by atoms with E-state index in [1.165, 1.54) is 89.9 Å². The Hall–Kier alpha value is -2.92. The van der Waals surface area contributed by atoms with Gasteiger partial charge in [0.05, 0.1) is 6.61 Å². The van der Waals surface area contributed by atoms with E-state index in [4.69, 9.17) is 9.47 Å². The molecule has 0 bridgehead atoms. The summed E-state index contributed by atoms with van der Waals surface area (Å²) < 4.78 is 10.6. The molecule has 308 valence electrons. The maximum Gasteiger partial charge on any atom is 0.306 e. The average Bonchev–Trinajstić information content (AvgIpc) is 3.17. The molecule has 0 aromatic rings. The third kappa shape index (κ3) is 41.8. The van der Waals surface area contributed by atoms with Gasteiger partial charge in [0.25, 0.3) is 0 Å². The normalized spacial score (nSPS) is 13.0. The van der Waals surface area contributed by atoms with Crippen LogP contribution in [0.25, 0.3) is 0 Å². The third-order valence-electron chi connectivity index (χ3n) is 9.17. The molecular weight excluding hydrogens is 669 g/mol. The third-order valence-corrected chi connectivity index (χ3v) is 9.17. The monoisotopic (exact) mass is 751 g/mol. The van der Waals surface area contributed by atoms with Crippen molar-refractivity contribution >= 4 is 11.9 Å². The maximum atomic E-state index is 12.2. The van der Waals surface area contributed by atoms with E-state index in [1.54, 1.807) is 0 Å². The van der Waals surface area contributed by atoms with Crippen LogP contribution >= 0.6 is 0 Å². The summed E-state index contributed by atoms with van der Waals surface area (Å²) in [5, 5.41) is 9.57. The predicted octanol–water partition coefficient (Wildman–Crippen LogP) is 14.3. The van der Waals surface area contributed by atoms with Gasteiger partial charge < -0.3 is 14.6 Å². The van der Waals surface area contributed by atoms with Gasteiger partial charge in [-0.15, -0.1) is 0 Å². The summed E-state index contributed by atoms with van der Waals surface area (Å²) in [6.45, 7) is 3.97. The highest BCUT2D eigenvalue weighted by atomic mass is 16.6. The van der Waals surface area contributed by atoms with Crippen molar-refractivity contribution in [1.29, 1.82) is 0 Å². The van der Waals surface area contributed by atoms with Crippen LogP contribution in [0.2, 0.25) is 0 Å². The molecule has 0 rings (SSSR count). The van der Waals surface area contributed by atoms with Crippen LogP contribution in [-0.2, 0) is 19.1 Å². The van der Waals surface area contributed by atoms with Crippen LogP contribution in [0.15, 0.2) is 85.1 Å². The Kier molecular flexibility index (Phi) is 42.1. The first kappa shape index (κ1) is 51.1. The fraction of sp³-hybridized carbons (Fsp3) is 0.673. The van der Waals surface area contributed by atoms with Crippen molar-refractivity contribution < 1.29 is 24.2 Å². The van der Waals surface area contributed by atoms with Crippen molar-refractivity contribution in [2.24, 2.45) is 0 Å². The van der Waals surface area contributed by atoms with E-state index in [0.717, 1.165) is 77.0 Å². The molecule has 0 spiro atoms. The summed E-state index contributed by atoms with van der Waals surface area (Å²) in [6, 6.07) is 0. The largest absolute Gasteiger partial charge is 0.462 e. The minimum absolute atomic E-state index is 0.0892. The van der Waals surface area contributed by atoms with Crippen molar-refractivity contribution in [3.63, 3.8) is 0 Å². The Morgan fingerprint density at radius 3 is 1.24 bits per heavy atom. The molecule has 5 nitrogen and oxygen atoms in total. The highest BCUT2D eigenvalue weighted by Gasteiger charge is 2.16. The van der Waals surface area contributed by atoms with Crippen molar-refractivity contribution in [2.75, 3.05) is 13.2 Å². The van der Waals surface area contributed by atoms with Gasteiger partial charge in [0.15, 0.2) is 6.10 Å². The molecule has 0 aliphatic rings. The lowest BCUT2D eigenvalue weighted by atomic mass is 10.1. The zero-order valence-corrected chi connectivity index (χ0v) is 35.0. The van der Waals surface area contributed by atoms with Gasteiger partial charge in [-0.2, -0.15) is 0 Å². The fourth-order valence-corrected chi connectivity index (χ4v) is 5.85. The van der Waals surface area contributed by atoms with Gasteiger partial charge in [0.1, 0.15) is 6.61 Å². The highest BCUT2D eigenvalue weighted by Crippen LogP contribution is 2.13. The second kappa shape index (κ2) is 44.5. The van der Waals surface area contributed by atoms with E-state index in [9.17, 15) is 14.7 Å². The van der Waals surface area contributed by atoms with Gasteiger partial charge in [0, 0.05) is 12.8 Å². The standard InChI is InChI=1S/C49H82O5/c1-3-5-7-9-11-13-15-17-19-20-21-22-23-24-25-26-27-28-30-31-33-35-37-39-41-43-48(51)53-46-47(45-50)54-49(52)44-42-40-38-36-34-32-29-18-16-14-12-10-8-6-4-2/h6,8,12,14-15,17-18,20-21,23-24,29,34,36,47,50H,3-5,7,9-11,13,16,19,22,25-28,30-33,35,37-46H2,1-2H3/b8-6-,14-12-,17-15-,21-20-,24-23-,29-18-,36-34-. The SMILES string of the molecule is CC/C=C\C/C=C\C/C=C\C/C=C\CCCCC(=O)OC(CO)COC(=O)CCCCCCCCCCCC/C=C\C/C=C\C/C=C\CCCCCCC. The first-order valence-corrected chi connectivity index (χ1v) is 22.1. The van der Waals surface area contributed by atoms with Gasteiger partial charge >= 0.3 is 11.9 Å². The van der Waals surface area contributed by atoms with Crippen molar-refractivity contribution in [3.8, 4) is 0 Å². The van der Waals surface area contributed by atoms with Crippen LogP contribution in [0.1, 0.15) is 194 Å². The van der Waals surface area contributed by atoms with E-state index in [-0.39, 0.29) is 25.2 Å². The fourth-order valence-electron chi connectivity index (χ4n) is 5.85. The van der Waals surface area contributed by atoms with E-state index in [2.05, 4.69) is 98.9 Å². The lowest BCUT2D eigenvalue weighted by Crippen LogP contribution is -2.28. The number of allylic oxidation sites excluding steroid dienone is 14. The Labute approximate surface area is 333 Å². The van der Waals surface area contributed by atoms with Crippen LogP contribution in [0.4, 0.5) is 0 Å². The number of aliphatic hydroxyl groups is 1. The number of hydrogen-bond donors (Lipinski definition) is 1. The Bertz CT molecular complexity index is 1030. The Balaban J connectivity index is 3.60. The minimum Gasteiger partial charge on any atom is -0.462 e. The molecular formula is C49H82O5. The van der Waals surface area contributed by atoms with Crippen molar-refractivity contribution in [2.45, 2.75) is 200 Å². The van der Waals surface area contributed by atoms with Crippen molar-refractivity contribution in [1.82, 2.24) is 0 Å². The molecule has 0 aromatic heterocycles. The molecule has 0 heterocycles. The molecule has 0 radical (unpaired) electrons. The summed E-state index contributed by atoms with van der Waals surface area (Å²) in [5.74, 6) is -0.649. The van der Waals surface area contributed by atoms with E-state index >= 15 is 0 Å². The highest BCUT2D eigenvalue weighted by molar-refractivity contribution is 5.70. The minimum atomic E-state index is -0.799. The number of ether oxygens (including phenoxy) is 2. The number of unbranched alkanes of at least 4 members (excludes halogenated alkanes) is 17. The summed E-state index contributed by atoms with van der Waals surface area (Å²) >= 11 is 0. The van der Waals surface area contributed by atoms with E-state index < -0.39 is 6.10 Å². The smallest absolute Gasteiger partial charge is 0.306 e. The molecule has 0 aromatic carbocycles. The van der Waals surface area contributed by atoms with Gasteiger partial charge in [-0.1, -0.05) is 176 Å². The first-order valence-electron chi connectivity index (χ1n) is 22.1. The van der Waals surface area contributed by atoms with Gasteiger partial charge in [0.2, 0.25) is 0 Å². The molecule has 0 saturated carbocycles. The number of rotatable bonds is 39. The van der Waals surface area contributed by atoms with Crippen LogP contribution in [0, 0.1) is 0 Å². The summed E-state index contributed by atoms with van der Waals surface area (Å²) in [7, 11) is 0.